The van der Waals surface area contributed by atoms with Crippen LogP contribution in [0.25, 0.3) is 11.2 Å². The highest BCUT2D eigenvalue weighted by Crippen LogP contribution is 2.32. The van der Waals surface area contributed by atoms with Crippen LogP contribution in [0, 0.1) is 6.92 Å². The van der Waals surface area contributed by atoms with E-state index in [4.69, 9.17) is 0 Å². The second-order valence-electron chi connectivity index (χ2n) is 4.27. The number of aromatic amines is 1. The van der Waals surface area contributed by atoms with Gasteiger partial charge in [0, 0.05) is 12.2 Å². The van der Waals surface area contributed by atoms with E-state index in [-0.39, 0.29) is 0 Å². The fourth-order valence-electron chi connectivity index (χ4n) is 2.19. The van der Waals surface area contributed by atoms with Gasteiger partial charge >= 0.3 is 0 Å². The minimum Gasteiger partial charge on any atom is -0.339 e. The lowest BCUT2D eigenvalue weighted by Gasteiger charge is -2.14. The minimum atomic E-state index is 0.304. The fraction of sp³-hybridized carbons (Fsp3) is 0.455. The van der Waals surface area contributed by atoms with Gasteiger partial charge in [0.2, 0.25) is 0 Å². The Morgan fingerprint density at radius 1 is 1.44 bits per heavy atom. The summed E-state index contributed by atoms with van der Waals surface area (Å²) in [6, 6.07) is 4.33. The van der Waals surface area contributed by atoms with E-state index in [1.165, 1.54) is 6.42 Å². The van der Waals surface area contributed by atoms with Crippen LogP contribution >= 0.6 is 12.8 Å². The number of fused-ring (bicyclic) bond motifs is 1. The highest BCUT2D eigenvalue weighted by Gasteiger charge is 2.26. The quantitative estimate of drug-likeness (QED) is 0.744. The third-order valence-corrected chi connectivity index (χ3v) is 3.52. The summed E-state index contributed by atoms with van der Waals surface area (Å²) >= 11 is 4.45. The summed E-state index contributed by atoms with van der Waals surface area (Å²) in [6.07, 6.45) is 2.29. The Morgan fingerprint density at radius 2 is 2.31 bits per heavy atom. The van der Waals surface area contributed by atoms with Crippen molar-refractivity contribution >= 4 is 24.0 Å². The van der Waals surface area contributed by atoms with Gasteiger partial charge < -0.3 is 4.98 Å². The third kappa shape index (κ3) is 1.60. The van der Waals surface area contributed by atoms with Crippen molar-refractivity contribution in [2.45, 2.75) is 25.8 Å². The van der Waals surface area contributed by atoms with E-state index in [9.17, 15) is 0 Å². The zero-order valence-electron chi connectivity index (χ0n) is 9.14. The summed E-state index contributed by atoms with van der Waals surface area (Å²) in [5.74, 6) is 0.987. The van der Waals surface area contributed by atoms with Crippen molar-refractivity contribution in [2.24, 2.45) is 0 Å². The first-order chi connectivity index (χ1) is 7.74. The number of hydrogen-bond donors (Lipinski definition) is 2. The summed E-state index contributed by atoms with van der Waals surface area (Å²) in [6.45, 7) is 3.01. The lowest BCUT2D eigenvalue weighted by molar-refractivity contribution is 0.441. The molecule has 0 saturated carbocycles. The predicted octanol–water partition coefficient (Wildman–Crippen LogP) is 2.25. The number of nitrogens with zero attached hydrogens (tertiary/aromatic N) is 3. The van der Waals surface area contributed by atoms with Crippen LogP contribution in [0.3, 0.4) is 0 Å². The van der Waals surface area contributed by atoms with E-state index in [1.807, 2.05) is 23.4 Å². The maximum absolute atomic E-state index is 4.55. The number of thiol groups is 1. The molecule has 0 aliphatic carbocycles. The molecule has 1 saturated heterocycles. The van der Waals surface area contributed by atoms with Crippen molar-refractivity contribution in [3.63, 3.8) is 0 Å². The van der Waals surface area contributed by atoms with Gasteiger partial charge in [0.05, 0.1) is 11.6 Å². The van der Waals surface area contributed by atoms with Crippen molar-refractivity contribution in [3.05, 3.63) is 23.7 Å². The molecular formula is C11H14N4S. The third-order valence-electron chi connectivity index (χ3n) is 3.04. The van der Waals surface area contributed by atoms with E-state index in [0.29, 0.717) is 6.04 Å². The van der Waals surface area contributed by atoms with Crippen molar-refractivity contribution in [1.29, 1.82) is 0 Å². The molecule has 0 amide bonds. The molecule has 1 aliphatic heterocycles. The van der Waals surface area contributed by atoms with Crippen LogP contribution in [-0.2, 0) is 0 Å². The van der Waals surface area contributed by atoms with E-state index < -0.39 is 0 Å². The van der Waals surface area contributed by atoms with Gasteiger partial charge in [-0.1, -0.05) is 12.8 Å². The highest BCUT2D eigenvalue weighted by molar-refractivity contribution is 7.77. The van der Waals surface area contributed by atoms with Crippen LogP contribution in [-0.4, -0.2) is 25.8 Å². The number of H-pyrrole nitrogens is 1. The van der Waals surface area contributed by atoms with Gasteiger partial charge in [0.15, 0.2) is 5.65 Å². The van der Waals surface area contributed by atoms with E-state index in [1.54, 1.807) is 0 Å². The number of pyridine rings is 1. The summed E-state index contributed by atoms with van der Waals surface area (Å²) < 4.78 is 2.05. The van der Waals surface area contributed by atoms with Crippen molar-refractivity contribution in [3.8, 4) is 0 Å². The first-order valence-corrected chi connectivity index (χ1v) is 5.93. The molecule has 0 aromatic carbocycles. The topological polar surface area (TPSA) is 44.8 Å². The fourth-order valence-corrected chi connectivity index (χ4v) is 2.56. The minimum absolute atomic E-state index is 0.304. The molecule has 84 valence electrons. The van der Waals surface area contributed by atoms with E-state index in [0.717, 1.165) is 35.6 Å². The highest BCUT2D eigenvalue weighted by atomic mass is 32.1. The first-order valence-electron chi connectivity index (χ1n) is 5.53. The predicted molar refractivity (Wildman–Crippen MR) is 66.3 cm³/mol. The molecule has 5 heteroatoms. The summed E-state index contributed by atoms with van der Waals surface area (Å²) in [5.41, 5.74) is 2.82. The number of imidazole rings is 1. The Bertz CT molecular complexity index is 522. The van der Waals surface area contributed by atoms with E-state index in [2.05, 4.69) is 27.8 Å². The SMILES string of the molecule is Cc1ccc2[nH]c(C3CCCN3S)nc2n1. The lowest BCUT2D eigenvalue weighted by atomic mass is 10.2. The van der Waals surface area contributed by atoms with Gasteiger partial charge in [-0.2, -0.15) is 0 Å². The Morgan fingerprint density at radius 3 is 3.06 bits per heavy atom. The van der Waals surface area contributed by atoms with Gasteiger partial charge in [-0.15, -0.1) is 0 Å². The molecule has 1 fully saturated rings. The van der Waals surface area contributed by atoms with Gasteiger partial charge in [-0.05, 0) is 31.9 Å². The summed E-state index contributed by atoms with van der Waals surface area (Å²) in [7, 11) is 0. The van der Waals surface area contributed by atoms with Crippen LogP contribution in [0.15, 0.2) is 12.1 Å². The number of aryl methyl sites for hydroxylation is 1. The Labute approximate surface area is 99.6 Å². The molecule has 1 unspecified atom stereocenters. The monoisotopic (exact) mass is 234 g/mol. The average Bonchev–Trinajstić information content (AvgIpc) is 2.82. The molecule has 16 heavy (non-hydrogen) atoms. The largest absolute Gasteiger partial charge is 0.339 e. The van der Waals surface area contributed by atoms with Gasteiger partial charge in [-0.3, -0.25) is 0 Å². The molecule has 0 radical (unpaired) electrons. The molecule has 3 rings (SSSR count). The van der Waals surface area contributed by atoms with Crippen molar-refractivity contribution < 1.29 is 0 Å². The summed E-state index contributed by atoms with van der Waals surface area (Å²) in [4.78, 5) is 12.3. The molecular weight excluding hydrogens is 220 g/mol. The van der Waals surface area contributed by atoms with Crippen LogP contribution in [0.2, 0.25) is 0 Å². The summed E-state index contributed by atoms with van der Waals surface area (Å²) in [5, 5.41) is 0. The van der Waals surface area contributed by atoms with E-state index >= 15 is 0 Å². The van der Waals surface area contributed by atoms with Crippen LogP contribution in [0.4, 0.5) is 0 Å². The lowest BCUT2D eigenvalue weighted by Crippen LogP contribution is -2.12. The number of aromatic nitrogens is 3. The zero-order chi connectivity index (χ0) is 11.1. The molecule has 4 nitrogen and oxygen atoms in total. The maximum Gasteiger partial charge on any atom is 0.178 e. The molecule has 3 heterocycles. The van der Waals surface area contributed by atoms with Crippen LogP contribution in [0.5, 0.6) is 0 Å². The molecule has 2 aromatic heterocycles. The van der Waals surface area contributed by atoms with Gasteiger partial charge in [0.25, 0.3) is 0 Å². The second kappa shape index (κ2) is 3.75. The molecule has 1 aliphatic rings. The standard InChI is InChI=1S/C11H14N4S/c1-7-4-5-8-10(12-7)14-11(13-8)9-3-2-6-15(9)16/h4-5,9,16H,2-3,6H2,1H3,(H,12,13,14). The number of nitrogens with one attached hydrogen (secondary N) is 1. The molecule has 0 spiro atoms. The molecule has 1 atom stereocenters. The molecule has 1 N–H and O–H groups in total. The number of hydrogen-bond acceptors (Lipinski definition) is 4. The van der Waals surface area contributed by atoms with Crippen LogP contribution < -0.4 is 0 Å². The van der Waals surface area contributed by atoms with Crippen molar-refractivity contribution in [1.82, 2.24) is 19.3 Å². The Hall–Kier alpha value is -1.07. The zero-order valence-corrected chi connectivity index (χ0v) is 10.0. The number of rotatable bonds is 1. The van der Waals surface area contributed by atoms with Crippen molar-refractivity contribution in [2.75, 3.05) is 6.54 Å². The average molecular weight is 234 g/mol. The second-order valence-corrected chi connectivity index (χ2v) is 4.78. The first kappa shape index (κ1) is 10.1. The normalized spacial score (nSPS) is 22.0. The maximum atomic E-state index is 4.55. The Kier molecular flexibility index (Phi) is 2.37. The Balaban J connectivity index is 2.04. The molecule has 2 aromatic rings. The van der Waals surface area contributed by atoms with Gasteiger partial charge in [-0.25, -0.2) is 14.3 Å². The molecule has 0 bridgehead atoms. The van der Waals surface area contributed by atoms with Crippen LogP contribution in [0.1, 0.15) is 30.4 Å². The van der Waals surface area contributed by atoms with Gasteiger partial charge in [0.1, 0.15) is 5.82 Å². The smallest absolute Gasteiger partial charge is 0.178 e.